The number of ether oxygens (including phenoxy) is 3. The van der Waals surface area contributed by atoms with Crippen LogP contribution in [-0.2, 0) is 20.0 Å². The van der Waals surface area contributed by atoms with Crippen LogP contribution in [0.4, 0.5) is 0 Å². The smallest absolute Gasteiger partial charge is 0.337 e. The molecule has 0 spiro atoms. The van der Waals surface area contributed by atoms with Gasteiger partial charge in [0.1, 0.15) is 0 Å². The molecule has 0 amide bonds. The van der Waals surface area contributed by atoms with Crippen molar-refractivity contribution >= 4 is 17.7 Å². The summed E-state index contributed by atoms with van der Waals surface area (Å²) in [4.78, 5) is 11.5. The molecule has 1 heterocycles. The highest BCUT2D eigenvalue weighted by Gasteiger charge is 2.20. The molecule has 26 heavy (non-hydrogen) atoms. The Labute approximate surface area is 157 Å². The van der Waals surface area contributed by atoms with Gasteiger partial charge in [0.05, 0.1) is 25.9 Å². The number of carbonyl (C=O) groups excluding carboxylic acids is 1. The zero-order valence-corrected chi connectivity index (χ0v) is 15.5. The Morgan fingerprint density at radius 1 is 1.23 bits per heavy atom. The van der Waals surface area contributed by atoms with Crippen molar-refractivity contribution in [1.82, 2.24) is 0 Å². The molecule has 1 aliphatic heterocycles. The summed E-state index contributed by atoms with van der Waals surface area (Å²) in [5, 5.41) is 0.177. The molecule has 6 heteroatoms. The van der Waals surface area contributed by atoms with Crippen molar-refractivity contribution in [2.45, 2.75) is 17.3 Å². The Kier molecular flexibility index (Phi) is 6.68. The number of nitrogens with two attached hydrogens (primary N) is 1. The third-order valence-corrected chi connectivity index (χ3v) is 5.58. The van der Waals surface area contributed by atoms with Gasteiger partial charge in [-0.05, 0) is 29.3 Å². The molecule has 0 aliphatic carbocycles. The van der Waals surface area contributed by atoms with Crippen LogP contribution in [0, 0.1) is 0 Å². The lowest BCUT2D eigenvalue weighted by atomic mass is 10.1. The average molecular weight is 373 g/mol. The van der Waals surface area contributed by atoms with E-state index in [0.717, 1.165) is 16.9 Å². The van der Waals surface area contributed by atoms with Crippen molar-refractivity contribution in [1.29, 1.82) is 0 Å². The summed E-state index contributed by atoms with van der Waals surface area (Å²) in [5.41, 5.74) is 9.90. The van der Waals surface area contributed by atoms with Gasteiger partial charge in [-0.15, -0.1) is 11.8 Å². The van der Waals surface area contributed by atoms with Crippen molar-refractivity contribution in [2.24, 2.45) is 5.73 Å². The molecule has 3 rings (SSSR count). The highest BCUT2D eigenvalue weighted by atomic mass is 32.2. The lowest BCUT2D eigenvalue weighted by molar-refractivity contribution is -0.0441. The maximum absolute atomic E-state index is 11.5. The van der Waals surface area contributed by atoms with Gasteiger partial charge in [-0.1, -0.05) is 30.3 Å². The summed E-state index contributed by atoms with van der Waals surface area (Å²) in [6.07, 6.45) is -0.274. The van der Waals surface area contributed by atoms with E-state index in [1.54, 1.807) is 23.9 Å². The molecule has 2 N–H and O–H groups in total. The molecule has 0 radical (unpaired) electrons. The first kappa shape index (κ1) is 18.9. The second-order valence-corrected chi connectivity index (χ2v) is 7.16. The Morgan fingerprint density at radius 3 is 2.62 bits per heavy atom. The van der Waals surface area contributed by atoms with Gasteiger partial charge in [-0.2, -0.15) is 0 Å². The third kappa shape index (κ3) is 4.65. The van der Waals surface area contributed by atoms with Crippen LogP contribution in [0.5, 0.6) is 0 Å². The van der Waals surface area contributed by atoms with Gasteiger partial charge in [0, 0.05) is 23.1 Å². The highest BCUT2D eigenvalue weighted by Crippen LogP contribution is 2.33. The monoisotopic (exact) mass is 373 g/mol. The van der Waals surface area contributed by atoms with Crippen molar-refractivity contribution in [3.8, 4) is 0 Å². The fourth-order valence-corrected chi connectivity index (χ4v) is 3.87. The van der Waals surface area contributed by atoms with Crippen LogP contribution in [0.3, 0.4) is 0 Å². The van der Waals surface area contributed by atoms with Crippen molar-refractivity contribution in [2.75, 3.05) is 26.9 Å². The highest BCUT2D eigenvalue weighted by molar-refractivity contribution is 7.98. The minimum Gasteiger partial charge on any atom is -0.465 e. The van der Waals surface area contributed by atoms with Gasteiger partial charge in [-0.25, -0.2) is 4.79 Å². The van der Waals surface area contributed by atoms with E-state index in [-0.39, 0.29) is 17.5 Å². The standard InChI is InChI=1S/C20H23NO4S/c1-23-19(22)15-7-5-14(6-8-15)13-26-18(12-21)16-3-2-4-17(11-16)20-24-9-10-25-20/h2-8,11,18,20H,9-10,12-13,21H2,1H3. The SMILES string of the molecule is COC(=O)c1ccc(CSC(CN)c2cccc(C3OCCO3)c2)cc1. The maximum atomic E-state index is 11.5. The Balaban J connectivity index is 1.64. The topological polar surface area (TPSA) is 70.8 Å². The van der Waals surface area contributed by atoms with Crippen LogP contribution in [0.2, 0.25) is 0 Å². The van der Waals surface area contributed by atoms with Crippen molar-refractivity contribution < 1.29 is 19.0 Å². The molecule has 0 aromatic heterocycles. The fourth-order valence-electron chi connectivity index (χ4n) is 2.81. The molecule has 1 atom stereocenters. The Bertz CT molecular complexity index is 729. The molecule has 5 nitrogen and oxygen atoms in total. The molecular formula is C20H23NO4S. The Hall–Kier alpha value is -1.86. The number of carbonyl (C=O) groups is 1. The minimum absolute atomic E-state index is 0.177. The predicted octanol–water partition coefficient (Wildman–Crippen LogP) is 3.45. The van der Waals surface area contributed by atoms with Crippen LogP contribution in [0.25, 0.3) is 0 Å². The van der Waals surface area contributed by atoms with Gasteiger partial charge in [0.25, 0.3) is 0 Å². The number of hydrogen-bond acceptors (Lipinski definition) is 6. The summed E-state index contributed by atoms with van der Waals surface area (Å²) in [5.74, 6) is 0.487. The van der Waals surface area contributed by atoms with E-state index in [1.807, 2.05) is 24.3 Å². The summed E-state index contributed by atoms with van der Waals surface area (Å²) in [7, 11) is 1.38. The first-order chi connectivity index (χ1) is 12.7. The molecule has 1 unspecified atom stereocenters. The molecule has 2 aromatic carbocycles. The van der Waals surface area contributed by atoms with E-state index < -0.39 is 0 Å². The molecule has 1 fully saturated rings. The summed E-state index contributed by atoms with van der Waals surface area (Å²) in [6, 6.07) is 15.7. The van der Waals surface area contributed by atoms with E-state index >= 15 is 0 Å². The van der Waals surface area contributed by atoms with Crippen LogP contribution in [-0.4, -0.2) is 32.8 Å². The number of benzene rings is 2. The molecule has 2 aromatic rings. The van der Waals surface area contributed by atoms with Gasteiger partial charge >= 0.3 is 5.97 Å². The number of thioether (sulfide) groups is 1. The average Bonchev–Trinajstić information content (AvgIpc) is 3.23. The fraction of sp³-hybridized carbons (Fsp3) is 0.350. The first-order valence-electron chi connectivity index (χ1n) is 8.53. The van der Waals surface area contributed by atoms with Crippen LogP contribution < -0.4 is 5.73 Å². The molecule has 138 valence electrons. The van der Waals surface area contributed by atoms with E-state index in [0.29, 0.717) is 25.3 Å². The molecule has 1 aliphatic rings. The predicted molar refractivity (Wildman–Crippen MR) is 102 cm³/mol. The largest absolute Gasteiger partial charge is 0.465 e. The van der Waals surface area contributed by atoms with Crippen LogP contribution in [0.15, 0.2) is 48.5 Å². The molecule has 1 saturated heterocycles. The zero-order valence-electron chi connectivity index (χ0n) is 14.7. The van der Waals surface area contributed by atoms with Gasteiger partial charge < -0.3 is 19.9 Å². The molecular weight excluding hydrogens is 350 g/mol. The van der Waals surface area contributed by atoms with Crippen LogP contribution in [0.1, 0.15) is 38.6 Å². The Morgan fingerprint density at radius 2 is 1.96 bits per heavy atom. The van der Waals surface area contributed by atoms with Crippen LogP contribution >= 0.6 is 11.8 Å². The minimum atomic E-state index is -0.322. The quantitative estimate of drug-likeness (QED) is 0.750. The summed E-state index contributed by atoms with van der Waals surface area (Å²) >= 11 is 1.78. The van der Waals surface area contributed by atoms with Crippen molar-refractivity contribution in [3.63, 3.8) is 0 Å². The second-order valence-electron chi connectivity index (χ2n) is 5.97. The lowest BCUT2D eigenvalue weighted by Gasteiger charge is -2.17. The molecule has 0 bridgehead atoms. The van der Waals surface area contributed by atoms with Gasteiger partial charge in [0.2, 0.25) is 0 Å². The van der Waals surface area contributed by atoms with E-state index in [2.05, 4.69) is 12.1 Å². The summed E-state index contributed by atoms with van der Waals surface area (Å²) in [6.45, 7) is 1.80. The van der Waals surface area contributed by atoms with E-state index in [1.165, 1.54) is 12.7 Å². The second kappa shape index (κ2) is 9.19. The van der Waals surface area contributed by atoms with E-state index in [9.17, 15) is 4.79 Å². The summed E-state index contributed by atoms with van der Waals surface area (Å²) < 4.78 is 15.9. The number of methoxy groups -OCH3 is 1. The number of rotatable bonds is 7. The molecule has 0 saturated carbocycles. The van der Waals surface area contributed by atoms with Gasteiger partial charge in [-0.3, -0.25) is 0 Å². The third-order valence-electron chi connectivity index (χ3n) is 4.22. The van der Waals surface area contributed by atoms with Gasteiger partial charge in [0.15, 0.2) is 6.29 Å². The first-order valence-corrected chi connectivity index (χ1v) is 9.58. The number of hydrogen-bond donors (Lipinski definition) is 1. The van der Waals surface area contributed by atoms with Crippen molar-refractivity contribution in [3.05, 3.63) is 70.8 Å². The maximum Gasteiger partial charge on any atom is 0.337 e. The zero-order chi connectivity index (χ0) is 18.4. The normalized spacial score (nSPS) is 15.8. The van der Waals surface area contributed by atoms with E-state index in [4.69, 9.17) is 19.9 Å². The lowest BCUT2D eigenvalue weighted by Crippen LogP contribution is -2.10. The number of esters is 1.